The van der Waals surface area contributed by atoms with Crippen molar-refractivity contribution in [2.75, 3.05) is 0 Å². The van der Waals surface area contributed by atoms with Crippen molar-refractivity contribution in [3.63, 3.8) is 0 Å². The van der Waals surface area contributed by atoms with E-state index in [4.69, 9.17) is 4.43 Å². The average Bonchev–Trinajstić information content (AvgIpc) is 3.03. The quantitative estimate of drug-likeness (QED) is 0.0478. The first kappa shape index (κ1) is 34.9. The van der Waals surface area contributed by atoms with E-state index in [1.165, 1.54) is 0 Å². The van der Waals surface area contributed by atoms with Crippen LogP contribution in [0.3, 0.4) is 0 Å². The SMILES string of the molecule is CC[Si](CC)(CC)CCC[Si](Cc1ccccc1)(Oc1c(F)c(F)c2c(F)c3c(F)c(F)c(F)c(F)c3c(F)c2c1F)C(C)C. The molecule has 0 amide bonds. The first-order chi connectivity index (χ1) is 21.2. The second-order valence-electron chi connectivity index (χ2n) is 12.1. The monoisotopic (exact) mass is 674 g/mol. The lowest BCUT2D eigenvalue weighted by atomic mass is 9.99. The Morgan fingerprint density at radius 1 is 0.556 bits per heavy atom. The van der Waals surface area contributed by atoms with Crippen molar-refractivity contribution in [3.8, 4) is 5.75 Å². The molecule has 0 aliphatic carbocycles. The van der Waals surface area contributed by atoms with Crippen LogP contribution in [-0.4, -0.2) is 16.4 Å². The van der Waals surface area contributed by atoms with Crippen LogP contribution in [0, 0.1) is 52.4 Å². The number of fused-ring (bicyclic) bond motifs is 2. The lowest BCUT2D eigenvalue weighted by molar-refractivity contribution is 0.406. The van der Waals surface area contributed by atoms with Crippen molar-refractivity contribution in [2.24, 2.45) is 0 Å². The van der Waals surface area contributed by atoms with Crippen LogP contribution in [0.1, 0.15) is 46.6 Å². The maximum atomic E-state index is 16.2. The molecule has 4 aromatic carbocycles. The first-order valence-corrected chi connectivity index (χ1v) is 20.3. The Balaban J connectivity index is 1.97. The minimum atomic E-state index is -3.37. The Hall–Kier alpha value is -3.00. The van der Waals surface area contributed by atoms with Crippen molar-refractivity contribution in [2.45, 2.75) is 82.8 Å². The van der Waals surface area contributed by atoms with Crippen LogP contribution in [0.4, 0.5) is 39.5 Å². The van der Waals surface area contributed by atoms with E-state index in [1.54, 1.807) is 18.2 Å². The molecule has 0 bridgehead atoms. The highest BCUT2D eigenvalue weighted by atomic mass is 28.4. The molecule has 0 aliphatic rings. The summed E-state index contributed by atoms with van der Waals surface area (Å²) in [6.07, 6.45) is 0.668. The number of hydrogen-bond donors (Lipinski definition) is 0. The number of halogens is 9. The van der Waals surface area contributed by atoms with Gasteiger partial charge in [-0.25, -0.2) is 35.1 Å². The molecule has 0 aromatic heterocycles. The summed E-state index contributed by atoms with van der Waals surface area (Å²) in [5.74, 6) is -21.3. The number of hydrogen-bond acceptors (Lipinski definition) is 1. The molecule has 0 N–H and O–H groups in total. The van der Waals surface area contributed by atoms with Crippen molar-refractivity contribution in [3.05, 3.63) is 88.3 Å². The van der Waals surface area contributed by atoms with Gasteiger partial charge < -0.3 is 4.43 Å². The minimum absolute atomic E-state index is 0.252. The van der Waals surface area contributed by atoms with Gasteiger partial charge in [-0.1, -0.05) is 95.5 Å². The van der Waals surface area contributed by atoms with Crippen LogP contribution in [0.5, 0.6) is 5.75 Å². The molecule has 1 unspecified atom stereocenters. The van der Waals surface area contributed by atoms with Crippen LogP contribution in [-0.2, 0) is 6.04 Å². The van der Waals surface area contributed by atoms with Gasteiger partial charge in [0.15, 0.2) is 40.7 Å². The van der Waals surface area contributed by atoms with E-state index >= 15 is 22.0 Å². The molecule has 1 nitrogen and oxygen atoms in total. The van der Waals surface area contributed by atoms with Gasteiger partial charge >= 0.3 is 0 Å². The van der Waals surface area contributed by atoms with Crippen molar-refractivity contribution in [1.29, 1.82) is 0 Å². The zero-order valence-electron chi connectivity index (χ0n) is 25.7. The van der Waals surface area contributed by atoms with Crippen molar-refractivity contribution in [1.82, 2.24) is 0 Å². The molecule has 0 radical (unpaired) electrons. The zero-order chi connectivity index (χ0) is 33.4. The van der Waals surface area contributed by atoms with Crippen LogP contribution in [0.15, 0.2) is 30.3 Å². The maximum Gasteiger partial charge on any atom is 0.258 e. The summed E-state index contributed by atoms with van der Waals surface area (Å²) in [6, 6.07) is 13.7. The summed E-state index contributed by atoms with van der Waals surface area (Å²) >= 11 is 0. The molecular weight excluding hydrogens is 640 g/mol. The van der Waals surface area contributed by atoms with Gasteiger partial charge in [-0.2, -0.15) is 4.39 Å². The highest BCUT2D eigenvalue weighted by Gasteiger charge is 2.44. The second kappa shape index (κ2) is 13.4. The fourth-order valence-corrected chi connectivity index (χ4v) is 14.1. The molecule has 0 saturated carbocycles. The van der Waals surface area contributed by atoms with E-state index < -0.39 is 96.0 Å². The van der Waals surface area contributed by atoms with E-state index in [1.807, 2.05) is 26.0 Å². The third-order valence-corrected chi connectivity index (χ3v) is 20.5. The maximum absolute atomic E-state index is 16.2. The van der Waals surface area contributed by atoms with Gasteiger partial charge in [0.2, 0.25) is 5.82 Å². The van der Waals surface area contributed by atoms with Crippen LogP contribution in [0.25, 0.3) is 21.5 Å². The predicted molar refractivity (Wildman–Crippen MR) is 164 cm³/mol. The number of rotatable bonds is 12. The Kier molecular flexibility index (Phi) is 10.4. The van der Waals surface area contributed by atoms with Gasteiger partial charge in [-0.05, 0) is 17.1 Å². The van der Waals surface area contributed by atoms with E-state index in [-0.39, 0.29) is 11.6 Å². The van der Waals surface area contributed by atoms with Gasteiger partial charge in [-0.3, -0.25) is 0 Å². The second-order valence-corrected chi connectivity index (χ2v) is 22.0. The minimum Gasteiger partial charge on any atom is -0.539 e. The molecule has 12 heteroatoms. The topological polar surface area (TPSA) is 9.23 Å². The Labute approximate surface area is 258 Å². The summed E-state index contributed by atoms with van der Waals surface area (Å²) in [6.45, 7) is 10.1. The van der Waals surface area contributed by atoms with Gasteiger partial charge in [0.25, 0.3) is 8.32 Å². The Bertz CT molecular complexity index is 1720. The first-order valence-electron chi connectivity index (χ1n) is 15.1. The zero-order valence-corrected chi connectivity index (χ0v) is 27.7. The summed E-state index contributed by atoms with van der Waals surface area (Å²) in [7, 11) is -4.99. The molecule has 0 fully saturated rings. The van der Waals surface area contributed by atoms with Crippen LogP contribution in [0.2, 0.25) is 35.8 Å². The summed E-state index contributed by atoms with van der Waals surface area (Å²) < 4.78 is 142. The lowest BCUT2D eigenvalue weighted by Gasteiger charge is -2.37. The predicted octanol–water partition coefficient (Wildman–Crippen LogP) is 11.7. The van der Waals surface area contributed by atoms with Crippen LogP contribution < -0.4 is 4.43 Å². The molecule has 0 saturated heterocycles. The summed E-state index contributed by atoms with van der Waals surface area (Å²) in [4.78, 5) is 0. The molecule has 4 rings (SSSR count). The fourth-order valence-electron chi connectivity index (χ4n) is 6.41. The molecule has 4 aromatic rings. The summed E-state index contributed by atoms with van der Waals surface area (Å²) in [5, 5.41) is -6.90. The molecule has 0 spiro atoms. The standard InChI is InChI=1S/C33H35F9OSi2/c1-6-44(7-2,8-3)15-12-16-45(18(4)5,17-19-13-10-9-11-14-19)43-33-29(39)23-22(28(38)32(33)42)24(34)20-21(25(23)35)27(37)31(41)30(40)26(20)36/h9-11,13-14,18H,6-8,12,15-17H2,1-5H3. The largest absolute Gasteiger partial charge is 0.539 e. The Morgan fingerprint density at radius 3 is 1.44 bits per heavy atom. The van der Waals surface area contributed by atoms with Crippen molar-refractivity contribution < 1.29 is 43.9 Å². The molecule has 244 valence electrons. The van der Waals surface area contributed by atoms with Gasteiger partial charge in [0.1, 0.15) is 11.6 Å². The average molecular weight is 675 g/mol. The summed E-state index contributed by atoms with van der Waals surface area (Å²) in [5.41, 5.74) is 0.487. The van der Waals surface area contributed by atoms with Gasteiger partial charge in [-0.15, -0.1) is 0 Å². The normalized spacial score (nSPS) is 13.7. The highest BCUT2D eigenvalue weighted by Crippen LogP contribution is 2.44. The van der Waals surface area contributed by atoms with Crippen molar-refractivity contribution >= 4 is 37.9 Å². The van der Waals surface area contributed by atoms with E-state index in [2.05, 4.69) is 20.8 Å². The molecular formula is C33H35F9OSi2. The van der Waals surface area contributed by atoms with E-state index in [0.717, 1.165) is 29.7 Å². The lowest BCUT2D eigenvalue weighted by Crippen LogP contribution is -2.48. The molecule has 0 aliphatic heterocycles. The highest BCUT2D eigenvalue weighted by molar-refractivity contribution is 6.80. The fraction of sp³-hybridized carbons (Fsp3) is 0.394. The van der Waals surface area contributed by atoms with Gasteiger partial charge in [0, 0.05) is 6.04 Å². The third kappa shape index (κ3) is 6.00. The molecule has 45 heavy (non-hydrogen) atoms. The number of benzene rings is 4. The van der Waals surface area contributed by atoms with Gasteiger partial charge in [0.05, 0.1) is 29.6 Å². The molecule has 1 atom stereocenters. The molecule has 0 heterocycles. The van der Waals surface area contributed by atoms with E-state index in [0.29, 0.717) is 12.5 Å². The Morgan fingerprint density at radius 2 is 1.00 bits per heavy atom. The smallest absolute Gasteiger partial charge is 0.258 e. The van der Waals surface area contributed by atoms with Crippen LogP contribution >= 0.6 is 0 Å². The third-order valence-electron chi connectivity index (χ3n) is 9.69. The van der Waals surface area contributed by atoms with E-state index in [9.17, 15) is 17.6 Å².